The minimum atomic E-state index is 0.103. The van der Waals surface area contributed by atoms with Crippen molar-refractivity contribution in [3.8, 4) is 11.5 Å². The van der Waals surface area contributed by atoms with Crippen LogP contribution in [0.15, 0.2) is 29.3 Å². The van der Waals surface area contributed by atoms with Crippen LogP contribution in [0, 0.1) is 0 Å². The van der Waals surface area contributed by atoms with Gasteiger partial charge in [-0.2, -0.15) is 0 Å². The zero-order valence-electron chi connectivity index (χ0n) is 10.9. The molecule has 1 aromatic carbocycles. The van der Waals surface area contributed by atoms with Crippen molar-refractivity contribution < 1.29 is 9.47 Å². The summed E-state index contributed by atoms with van der Waals surface area (Å²) < 4.78 is 11.6. The van der Waals surface area contributed by atoms with E-state index in [4.69, 9.17) is 9.47 Å². The zero-order chi connectivity index (χ0) is 12.9. The number of hydrogen-bond acceptors (Lipinski definition) is 5. The number of para-hydroxylation sites is 2. The van der Waals surface area contributed by atoms with Crippen LogP contribution in [-0.4, -0.2) is 38.3 Å². The molecule has 102 valence electrons. The van der Waals surface area contributed by atoms with Gasteiger partial charge < -0.3 is 20.1 Å². The molecule has 0 saturated heterocycles. The van der Waals surface area contributed by atoms with Crippen molar-refractivity contribution in [3.63, 3.8) is 0 Å². The second-order valence-corrected chi connectivity index (χ2v) is 4.72. The predicted octanol–water partition coefficient (Wildman–Crippen LogP) is 1.16. The third-order valence-electron chi connectivity index (χ3n) is 3.22. The van der Waals surface area contributed by atoms with Crippen molar-refractivity contribution in [1.29, 1.82) is 0 Å². The lowest BCUT2D eigenvalue weighted by atomic mass is 10.2. The van der Waals surface area contributed by atoms with E-state index >= 15 is 0 Å². The Balaban J connectivity index is 1.46. The molecule has 2 aliphatic heterocycles. The van der Waals surface area contributed by atoms with Crippen molar-refractivity contribution >= 4 is 5.96 Å². The summed E-state index contributed by atoms with van der Waals surface area (Å²) >= 11 is 0. The molecule has 2 aliphatic rings. The van der Waals surface area contributed by atoms with E-state index in [0.717, 1.165) is 49.9 Å². The molecule has 19 heavy (non-hydrogen) atoms. The molecule has 0 amide bonds. The minimum Gasteiger partial charge on any atom is -0.486 e. The molecule has 0 aromatic heterocycles. The van der Waals surface area contributed by atoms with Crippen LogP contribution >= 0.6 is 0 Å². The molecule has 5 nitrogen and oxygen atoms in total. The number of hydrogen-bond donors (Lipinski definition) is 2. The summed E-state index contributed by atoms with van der Waals surface area (Å²) in [6.45, 7) is 3.36. The van der Waals surface area contributed by atoms with E-state index in [1.807, 2.05) is 24.3 Å². The van der Waals surface area contributed by atoms with Gasteiger partial charge in [-0.3, -0.25) is 4.99 Å². The molecule has 5 heteroatoms. The van der Waals surface area contributed by atoms with Crippen LogP contribution in [-0.2, 0) is 0 Å². The van der Waals surface area contributed by atoms with Crippen LogP contribution in [0.4, 0.5) is 0 Å². The van der Waals surface area contributed by atoms with E-state index in [1.54, 1.807) is 0 Å². The molecule has 0 spiro atoms. The molecule has 1 unspecified atom stereocenters. The average molecular weight is 261 g/mol. The third kappa shape index (κ3) is 3.10. The van der Waals surface area contributed by atoms with Crippen LogP contribution in [0.3, 0.4) is 0 Å². The van der Waals surface area contributed by atoms with E-state index in [0.29, 0.717) is 6.61 Å². The van der Waals surface area contributed by atoms with Crippen molar-refractivity contribution in [2.45, 2.75) is 18.9 Å². The molecule has 0 bridgehead atoms. The van der Waals surface area contributed by atoms with Crippen LogP contribution in [0.5, 0.6) is 11.5 Å². The van der Waals surface area contributed by atoms with Crippen LogP contribution in [0.2, 0.25) is 0 Å². The van der Waals surface area contributed by atoms with Crippen LogP contribution in [0.1, 0.15) is 12.8 Å². The van der Waals surface area contributed by atoms with Gasteiger partial charge >= 0.3 is 0 Å². The molecule has 0 saturated carbocycles. The van der Waals surface area contributed by atoms with Gasteiger partial charge in [0.1, 0.15) is 12.7 Å². The molecular formula is C14H19N3O2. The Bertz CT molecular complexity index is 462. The Morgan fingerprint density at radius 1 is 1.32 bits per heavy atom. The third-order valence-corrected chi connectivity index (χ3v) is 3.22. The molecule has 1 aromatic rings. The smallest absolute Gasteiger partial charge is 0.191 e. The van der Waals surface area contributed by atoms with Crippen LogP contribution < -0.4 is 20.1 Å². The molecule has 3 rings (SSSR count). The topological polar surface area (TPSA) is 54.9 Å². The Hall–Kier alpha value is -1.91. The van der Waals surface area contributed by atoms with Crippen molar-refractivity contribution in [2.24, 2.45) is 4.99 Å². The van der Waals surface area contributed by atoms with Crippen molar-refractivity contribution in [1.82, 2.24) is 10.6 Å². The predicted molar refractivity (Wildman–Crippen MR) is 73.9 cm³/mol. The molecule has 2 N–H and O–H groups in total. The molecule has 2 heterocycles. The highest BCUT2D eigenvalue weighted by Gasteiger charge is 2.20. The lowest BCUT2D eigenvalue weighted by Crippen LogP contribution is -2.42. The van der Waals surface area contributed by atoms with E-state index in [9.17, 15) is 0 Å². The van der Waals surface area contributed by atoms with E-state index in [-0.39, 0.29) is 6.10 Å². The van der Waals surface area contributed by atoms with E-state index < -0.39 is 0 Å². The monoisotopic (exact) mass is 261 g/mol. The SMILES string of the molecule is c1ccc2c(c1)OCC(CCNC1=NCCCN1)O2. The summed E-state index contributed by atoms with van der Waals surface area (Å²) in [7, 11) is 0. The van der Waals surface area contributed by atoms with Gasteiger partial charge in [0, 0.05) is 26.1 Å². The normalized spacial score (nSPS) is 21.3. The average Bonchev–Trinajstić information content (AvgIpc) is 2.48. The first-order valence-corrected chi connectivity index (χ1v) is 6.82. The van der Waals surface area contributed by atoms with Gasteiger partial charge in [-0.25, -0.2) is 0 Å². The molecule has 0 aliphatic carbocycles. The van der Waals surface area contributed by atoms with Gasteiger partial charge in [-0.05, 0) is 18.6 Å². The summed E-state index contributed by atoms with van der Waals surface area (Å²) in [5.74, 6) is 2.58. The fourth-order valence-corrected chi connectivity index (χ4v) is 2.21. The van der Waals surface area contributed by atoms with Gasteiger partial charge in [-0.1, -0.05) is 12.1 Å². The highest BCUT2D eigenvalue weighted by Crippen LogP contribution is 2.31. The maximum Gasteiger partial charge on any atom is 0.191 e. The second kappa shape index (κ2) is 5.82. The fraction of sp³-hybridized carbons (Fsp3) is 0.500. The van der Waals surface area contributed by atoms with Crippen molar-refractivity contribution in [3.05, 3.63) is 24.3 Å². The summed E-state index contributed by atoms with van der Waals surface area (Å²) in [6, 6.07) is 7.80. The summed E-state index contributed by atoms with van der Waals surface area (Å²) in [5, 5.41) is 6.54. The van der Waals surface area contributed by atoms with Gasteiger partial charge in [0.25, 0.3) is 0 Å². The number of fused-ring (bicyclic) bond motifs is 1. The number of nitrogens with one attached hydrogen (secondary N) is 2. The Kier molecular flexibility index (Phi) is 3.72. The molecule has 0 radical (unpaired) electrons. The Labute approximate surface area is 113 Å². The summed E-state index contributed by atoms with van der Waals surface area (Å²) in [4.78, 5) is 4.37. The number of guanidine groups is 1. The number of nitrogens with zero attached hydrogens (tertiary/aromatic N) is 1. The van der Waals surface area contributed by atoms with E-state index in [2.05, 4.69) is 15.6 Å². The standard InChI is InChI=1S/C14H19N3O2/c1-2-5-13-12(4-1)18-10-11(19-13)6-9-17-14-15-7-3-8-16-14/h1-2,4-5,11H,3,6-10H2,(H2,15,16,17). The summed E-state index contributed by atoms with van der Waals surface area (Å²) in [5.41, 5.74) is 0. The van der Waals surface area contributed by atoms with E-state index in [1.165, 1.54) is 0 Å². The molecule has 0 fully saturated rings. The maximum atomic E-state index is 5.90. The van der Waals surface area contributed by atoms with Gasteiger partial charge in [-0.15, -0.1) is 0 Å². The number of rotatable bonds is 3. The summed E-state index contributed by atoms with van der Waals surface area (Å²) in [6.07, 6.45) is 2.11. The number of ether oxygens (including phenoxy) is 2. The van der Waals surface area contributed by atoms with Gasteiger partial charge in [0.15, 0.2) is 17.5 Å². The zero-order valence-corrected chi connectivity index (χ0v) is 10.9. The van der Waals surface area contributed by atoms with Crippen molar-refractivity contribution in [2.75, 3.05) is 26.2 Å². The Morgan fingerprint density at radius 3 is 3.05 bits per heavy atom. The number of benzene rings is 1. The largest absolute Gasteiger partial charge is 0.486 e. The lowest BCUT2D eigenvalue weighted by Gasteiger charge is -2.26. The lowest BCUT2D eigenvalue weighted by molar-refractivity contribution is 0.0857. The molecular weight excluding hydrogens is 242 g/mol. The fourth-order valence-electron chi connectivity index (χ4n) is 2.21. The first-order valence-electron chi connectivity index (χ1n) is 6.82. The number of aliphatic imine (C=N–C) groups is 1. The maximum absolute atomic E-state index is 5.90. The second-order valence-electron chi connectivity index (χ2n) is 4.72. The Morgan fingerprint density at radius 2 is 2.21 bits per heavy atom. The van der Waals surface area contributed by atoms with Gasteiger partial charge in [0.05, 0.1) is 0 Å². The first-order chi connectivity index (χ1) is 9.42. The minimum absolute atomic E-state index is 0.103. The highest BCUT2D eigenvalue weighted by atomic mass is 16.6. The van der Waals surface area contributed by atoms with Crippen LogP contribution in [0.25, 0.3) is 0 Å². The molecule has 1 atom stereocenters. The highest BCUT2D eigenvalue weighted by molar-refractivity contribution is 5.80. The first kappa shape index (κ1) is 12.1. The van der Waals surface area contributed by atoms with Gasteiger partial charge in [0.2, 0.25) is 0 Å². The quantitative estimate of drug-likeness (QED) is 0.857.